The molecule has 0 aromatic heterocycles. The first-order chi connectivity index (χ1) is 13.6. The van der Waals surface area contributed by atoms with Gasteiger partial charge in [-0.2, -0.15) is 0 Å². The molecule has 0 aliphatic carbocycles. The van der Waals surface area contributed by atoms with Gasteiger partial charge in [-0.25, -0.2) is 4.39 Å². The molecule has 28 heavy (non-hydrogen) atoms. The number of carbonyl (C=O) groups is 2. The van der Waals surface area contributed by atoms with Crippen molar-refractivity contribution in [2.75, 3.05) is 19.7 Å². The number of amides is 1. The molecule has 2 aromatic rings. The van der Waals surface area contributed by atoms with Gasteiger partial charge in [0.05, 0.1) is 18.1 Å². The molecule has 1 fully saturated rings. The van der Waals surface area contributed by atoms with Gasteiger partial charge in [0.25, 0.3) is 5.91 Å². The Bertz CT molecular complexity index is 814. The van der Waals surface area contributed by atoms with Crippen molar-refractivity contribution in [3.63, 3.8) is 0 Å². The van der Waals surface area contributed by atoms with E-state index in [0.29, 0.717) is 43.9 Å². The van der Waals surface area contributed by atoms with E-state index in [2.05, 4.69) is 0 Å². The van der Waals surface area contributed by atoms with E-state index < -0.39 is 0 Å². The van der Waals surface area contributed by atoms with Gasteiger partial charge in [0, 0.05) is 13.1 Å². The lowest BCUT2D eigenvalue weighted by atomic mass is 9.96. The Morgan fingerprint density at radius 1 is 1.07 bits per heavy atom. The summed E-state index contributed by atoms with van der Waals surface area (Å²) in [4.78, 5) is 26.6. The van der Waals surface area contributed by atoms with Gasteiger partial charge in [-0.3, -0.25) is 9.59 Å². The molecule has 0 radical (unpaired) electrons. The van der Waals surface area contributed by atoms with Crippen LogP contribution in [0, 0.1) is 11.7 Å². The number of para-hydroxylation sites is 1. The summed E-state index contributed by atoms with van der Waals surface area (Å²) in [5.41, 5.74) is 1.30. The molecule has 1 aliphatic rings. The van der Waals surface area contributed by atoms with Crippen LogP contribution in [0.5, 0.6) is 5.75 Å². The average Bonchev–Trinajstić information content (AvgIpc) is 2.73. The molecule has 0 N–H and O–H groups in total. The van der Waals surface area contributed by atoms with Crippen LogP contribution in [0.25, 0.3) is 0 Å². The van der Waals surface area contributed by atoms with Gasteiger partial charge in [-0.1, -0.05) is 24.3 Å². The Labute approximate surface area is 164 Å². The molecular formula is C22H24FNO4. The Kier molecular flexibility index (Phi) is 6.63. The van der Waals surface area contributed by atoms with Crippen LogP contribution in [0.4, 0.5) is 4.39 Å². The van der Waals surface area contributed by atoms with Crippen molar-refractivity contribution in [1.82, 2.24) is 4.90 Å². The van der Waals surface area contributed by atoms with Crippen LogP contribution < -0.4 is 4.74 Å². The summed E-state index contributed by atoms with van der Waals surface area (Å²) in [7, 11) is 0. The molecule has 0 atom stereocenters. The highest BCUT2D eigenvalue weighted by Crippen LogP contribution is 2.25. The second kappa shape index (κ2) is 9.35. The van der Waals surface area contributed by atoms with Gasteiger partial charge >= 0.3 is 5.97 Å². The standard InChI is InChI=1S/C22H24FNO4/c1-2-27-22(26)17-11-13-24(14-12-17)21(25)19-5-3-4-6-20(19)28-15-16-7-9-18(23)10-8-16/h3-10,17H,2,11-15H2,1H3. The van der Waals surface area contributed by atoms with Crippen LogP contribution >= 0.6 is 0 Å². The second-order valence-corrected chi connectivity index (χ2v) is 6.73. The molecule has 0 spiro atoms. The minimum Gasteiger partial charge on any atom is -0.488 e. The lowest BCUT2D eigenvalue weighted by Gasteiger charge is -2.31. The quantitative estimate of drug-likeness (QED) is 0.710. The molecule has 5 nitrogen and oxygen atoms in total. The first-order valence-electron chi connectivity index (χ1n) is 9.50. The van der Waals surface area contributed by atoms with E-state index in [9.17, 15) is 14.0 Å². The molecule has 2 aromatic carbocycles. The highest BCUT2D eigenvalue weighted by atomic mass is 19.1. The van der Waals surface area contributed by atoms with Crippen molar-refractivity contribution in [2.45, 2.75) is 26.4 Å². The fraction of sp³-hybridized carbons (Fsp3) is 0.364. The van der Waals surface area contributed by atoms with Crippen molar-refractivity contribution >= 4 is 11.9 Å². The maximum Gasteiger partial charge on any atom is 0.309 e. The van der Waals surface area contributed by atoms with E-state index >= 15 is 0 Å². The van der Waals surface area contributed by atoms with Crippen molar-refractivity contribution < 1.29 is 23.5 Å². The third-order valence-corrected chi connectivity index (χ3v) is 4.83. The molecule has 1 saturated heterocycles. The maximum absolute atomic E-state index is 13.0. The summed E-state index contributed by atoms with van der Waals surface area (Å²) in [5.74, 6) is -0.251. The molecule has 0 unspecified atom stereocenters. The van der Waals surface area contributed by atoms with Gasteiger partial charge in [-0.05, 0) is 49.6 Å². The summed E-state index contributed by atoms with van der Waals surface area (Å²) < 4.78 is 23.9. The number of carbonyl (C=O) groups excluding carboxylic acids is 2. The molecule has 3 rings (SSSR count). The topological polar surface area (TPSA) is 55.8 Å². The zero-order chi connectivity index (χ0) is 19.9. The number of nitrogens with zero attached hydrogens (tertiary/aromatic N) is 1. The third-order valence-electron chi connectivity index (χ3n) is 4.83. The zero-order valence-corrected chi connectivity index (χ0v) is 15.9. The summed E-state index contributed by atoms with van der Waals surface area (Å²) >= 11 is 0. The predicted molar refractivity (Wildman–Crippen MR) is 102 cm³/mol. The Morgan fingerprint density at radius 3 is 2.43 bits per heavy atom. The first-order valence-corrected chi connectivity index (χ1v) is 9.50. The van der Waals surface area contributed by atoms with E-state index in [1.165, 1.54) is 12.1 Å². The molecule has 6 heteroatoms. The van der Waals surface area contributed by atoms with Gasteiger partial charge in [0.1, 0.15) is 18.2 Å². The van der Waals surface area contributed by atoms with Gasteiger partial charge in [0.2, 0.25) is 0 Å². The Hall–Kier alpha value is -2.89. The largest absolute Gasteiger partial charge is 0.488 e. The fourth-order valence-electron chi connectivity index (χ4n) is 3.26. The fourth-order valence-corrected chi connectivity index (χ4v) is 3.26. The molecule has 1 aliphatic heterocycles. The SMILES string of the molecule is CCOC(=O)C1CCN(C(=O)c2ccccc2OCc2ccc(F)cc2)CC1. The monoisotopic (exact) mass is 385 g/mol. The van der Waals surface area contributed by atoms with Gasteiger partial charge < -0.3 is 14.4 Å². The Balaban J connectivity index is 1.63. The lowest BCUT2D eigenvalue weighted by molar-refractivity contribution is -0.149. The van der Waals surface area contributed by atoms with Crippen molar-refractivity contribution in [3.05, 3.63) is 65.5 Å². The molecule has 0 saturated carbocycles. The highest BCUT2D eigenvalue weighted by molar-refractivity contribution is 5.97. The number of hydrogen-bond acceptors (Lipinski definition) is 4. The number of likely N-dealkylation sites (tertiary alicyclic amines) is 1. The van der Waals surface area contributed by atoms with Crippen LogP contribution in [-0.2, 0) is 16.1 Å². The molecular weight excluding hydrogens is 361 g/mol. The second-order valence-electron chi connectivity index (χ2n) is 6.73. The van der Waals surface area contributed by atoms with Crippen LogP contribution in [-0.4, -0.2) is 36.5 Å². The minimum atomic E-state index is -0.300. The predicted octanol–water partition coefficient (Wildman–Crippen LogP) is 3.82. The van der Waals surface area contributed by atoms with E-state index in [0.717, 1.165) is 5.56 Å². The van der Waals surface area contributed by atoms with Crippen LogP contribution in [0.3, 0.4) is 0 Å². The van der Waals surface area contributed by atoms with E-state index in [4.69, 9.17) is 9.47 Å². The third kappa shape index (κ3) is 4.88. The molecule has 1 amide bonds. The van der Waals surface area contributed by atoms with Crippen LogP contribution in [0.15, 0.2) is 48.5 Å². The number of esters is 1. The van der Waals surface area contributed by atoms with Crippen molar-refractivity contribution in [1.29, 1.82) is 0 Å². The van der Waals surface area contributed by atoms with E-state index in [1.807, 2.05) is 6.07 Å². The summed E-state index contributed by atoms with van der Waals surface area (Å²) in [6, 6.07) is 13.2. The zero-order valence-electron chi connectivity index (χ0n) is 15.9. The Morgan fingerprint density at radius 2 is 1.75 bits per heavy atom. The average molecular weight is 385 g/mol. The molecule has 0 bridgehead atoms. The summed E-state index contributed by atoms with van der Waals surface area (Å²) in [6.45, 7) is 3.43. The van der Waals surface area contributed by atoms with Gasteiger partial charge in [0.15, 0.2) is 0 Å². The lowest BCUT2D eigenvalue weighted by Crippen LogP contribution is -2.40. The number of hydrogen-bond donors (Lipinski definition) is 0. The van der Waals surface area contributed by atoms with E-state index in [-0.39, 0.29) is 30.2 Å². The smallest absolute Gasteiger partial charge is 0.309 e. The number of rotatable bonds is 6. The first kappa shape index (κ1) is 19.9. The normalized spacial score (nSPS) is 14.6. The minimum absolute atomic E-state index is 0.114. The van der Waals surface area contributed by atoms with E-state index in [1.54, 1.807) is 42.2 Å². The summed E-state index contributed by atoms with van der Waals surface area (Å²) in [6.07, 6.45) is 1.20. The summed E-state index contributed by atoms with van der Waals surface area (Å²) in [5, 5.41) is 0. The van der Waals surface area contributed by atoms with Crippen molar-refractivity contribution in [2.24, 2.45) is 5.92 Å². The number of halogens is 1. The van der Waals surface area contributed by atoms with Crippen molar-refractivity contribution in [3.8, 4) is 5.75 Å². The molecule has 148 valence electrons. The van der Waals surface area contributed by atoms with Crippen LogP contribution in [0.2, 0.25) is 0 Å². The number of piperidine rings is 1. The number of ether oxygens (including phenoxy) is 2. The van der Waals surface area contributed by atoms with Gasteiger partial charge in [-0.15, -0.1) is 0 Å². The maximum atomic E-state index is 13.0. The molecule has 1 heterocycles. The number of benzene rings is 2. The van der Waals surface area contributed by atoms with Crippen LogP contribution in [0.1, 0.15) is 35.7 Å². The highest BCUT2D eigenvalue weighted by Gasteiger charge is 2.29.